The summed E-state index contributed by atoms with van der Waals surface area (Å²) in [6, 6.07) is 14.5. The monoisotopic (exact) mass is 350 g/mol. The zero-order valence-electron chi connectivity index (χ0n) is 12.3. The van der Waals surface area contributed by atoms with Crippen molar-refractivity contribution in [3.05, 3.63) is 64.1 Å². The van der Waals surface area contributed by atoms with Crippen molar-refractivity contribution < 1.29 is 9.59 Å². The van der Waals surface area contributed by atoms with Crippen LogP contribution in [-0.4, -0.2) is 18.4 Å². The first-order chi connectivity index (χ1) is 11.0. The molecule has 2 rings (SSSR count). The fourth-order valence-corrected chi connectivity index (χ4v) is 2.56. The lowest BCUT2D eigenvalue weighted by molar-refractivity contribution is -0.136. The normalized spacial score (nSPS) is 10.2. The molecule has 23 heavy (non-hydrogen) atoms. The number of benzene rings is 2. The Kier molecular flexibility index (Phi) is 6.44. The van der Waals surface area contributed by atoms with Crippen molar-refractivity contribution in [2.75, 3.05) is 11.9 Å². The Balaban J connectivity index is 1.75. The Morgan fingerprint density at radius 2 is 1.57 bits per heavy atom. The molecule has 0 heterocycles. The average molecular weight is 351 g/mol. The van der Waals surface area contributed by atoms with E-state index in [9.17, 15) is 9.59 Å². The van der Waals surface area contributed by atoms with E-state index in [2.05, 4.69) is 10.6 Å². The van der Waals surface area contributed by atoms with Crippen molar-refractivity contribution in [1.82, 2.24) is 5.32 Å². The van der Waals surface area contributed by atoms with Crippen molar-refractivity contribution in [1.29, 1.82) is 0 Å². The molecule has 0 aliphatic heterocycles. The van der Waals surface area contributed by atoms with Gasteiger partial charge in [-0.1, -0.05) is 53.5 Å². The van der Waals surface area contributed by atoms with Crippen molar-refractivity contribution in [2.24, 2.45) is 0 Å². The number of anilines is 1. The third-order valence-electron chi connectivity index (χ3n) is 3.10. The van der Waals surface area contributed by atoms with E-state index in [-0.39, 0.29) is 0 Å². The highest BCUT2D eigenvalue weighted by atomic mass is 35.5. The summed E-state index contributed by atoms with van der Waals surface area (Å²) in [7, 11) is 0. The molecule has 0 saturated heterocycles. The Bertz CT molecular complexity index is 670. The highest BCUT2D eigenvalue weighted by Crippen LogP contribution is 2.22. The molecule has 4 nitrogen and oxygen atoms in total. The summed E-state index contributed by atoms with van der Waals surface area (Å²) in [4.78, 5) is 23.5. The summed E-state index contributed by atoms with van der Waals surface area (Å²) in [5.74, 6) is -1.43. The first-order valence-electron chi connectivity index (χ1n) is 7.14. The van der Waals surface area contributed by atoms with Gasteiger partial charge < -0.3 is 10.6 Å². The minimum absolute atomic E-state index is 0.381. The largest absolute Gasteiger partial charge is 0.348 e. The summed E-state index contributed by atoms with van der Waals surface area (Å²) < 4.78 is 0. The number of rotatable bonds is 5. The van der Waals surface area contributed by atoms with E-state index in [1.807, 2.05) is 30.3 Å². The van der Waals surface area contributed by atoms with Crippen LogP contribution in [0.3, 0.4) is 0 Å². The number of carbonyl (C=O) groups is 2. The van der Waals surface area contributed by atoms with Gasteiger partial charge in [-0.3, -0.25) is 9.59 Å². The molecule has 2 amide bonds. The molecule has 0 saturated carbocycles. The molecule has 120 valence electrons. The number of carbonyl (C=O) groups excluding carboxylic acids is 2. The van der Waals surface area contributed by atoms with Gasteiger partial charge in [0.05, 0.1) is 0 Å². The standard InChI is InChI=1S/C17H16Cl2N2O2/c18-13-9-14(19)11-15(10-13)21-17(23)16(22)20-8-4-7-12-5-2-1-3-6-12/h1-3,5-6,9-11H,4,7-8H2,(H,20,22)(H,21,23). The summed E-state index contributed by atoms with van der Waals surface area (Å²) in [5, 5.41) is 5.82. The van der Waals surface area contributed by atoms with E-state index in [0.717, 1.165) is 12.8 Å². The van der Waals surface area contributed by atoms with E-state index >= 15 is 0 Å². The topological polar surface area (TPSA) is 58.2 Å². The van der Waals surface area contributed by atoms with Crippen LogP contribution in [0.15, 0.2) is 48.5 Å². The molecule has 0 radical (unpaired) electrons. The predicted molar refractivity (Wildman–Crippen MR) is 92.9 cm³/mol. The maximum Gasteiger partial charge on any atom is 0.313 e. The van der Waals surface area contributed by atoms with Crippen molar-refractivity contribution in [3.63, 3.8) is 0 Å². The SMILES string of the molecule is O=C(NCCCc1ccccc1)C(=O)Nc1cc(Cl)cc(Cl)c1. The second-order valence-electron chi connectivity index (χ2n) is 4.96. The van der Waals surface area contributed by atoms with Crippen LogP contribution in [0.5, 0.6) is 0 Å². The molecule has 2 N–H and O–H groups in total. The zero-order valence-corrected chi connectivity index (χ0v) is 13.8. The fourth-order valence-electron chi connectivity index (χ4n) is 2.03. The van der Waals surface area contributed by atoms with Crippen molar-refractivity contribution in [2.45, 2.75) is 12.8 Å². The third-order valence-corrected chi connectivity index (χ3v) is 3.53. The van der Waals surface area contributed by atoms with Crippen molar-refractivity contribution >= 4 is 40.7 Å². The van der Waals surface area contributed by atoms with Crippen LogP contribution in [0.25, 0.3) is 0 Å². The van der Waals surface area contributed by atoms with Gasteiger partial charge in [0.1, 0.15) is 0 Å². The van der Waals surface area contributed by atoms with Gasteiger partial charge in [0.25, 0.3) is 0 Å². The van der Waals surface area contributed by atoms with Gasteiger partial charge in [0.15, 0.2) is 0 Å². The van der Waals surface area contributed by atoms with Gasteiger partial charge in [-0.2, -0.15) is 0 Å². The van der Waals surface area contributed by atoms with Gasteiger partial charge in [0.2, 0.25) is 0 Å². The lowest BCUT2D eigenvalue weighted by Gasteiger charge is -2.07. The Hall–Kier alpha value is -2.04. The Morgan fingerprint density at radius 1 is 0.913 bits per heavy atom. The lowest BCUT2D eigenvalue weighted by atomic mass is 10.1. The first kappa shape index (κ1) is 17.3. The molecule has 0 fully saturated rings. The quantitative estimate of drug-likeness (QED) is 0.638. The molecule has 0 aliphatic carbocycles. The highest BCUT2D eigenvalue weighted by Gasteiger charge is 2.13. The van der Waals surface area contributed by atoms with E-state index in [4.69, 9.17) is 23.2 Å². The van der Waals surface area contributed by atoms with Crippen LogP contribution >= 0.6 is 23.2 Å². The molecular formula is C17H16Cl2N2O2. The minimum atomic E-state index is -0.747. The predicted octanol–water partition coefficient (Wildman–Crippen LogP) is 3.68. The smallest absolute Gasteiger partial charge is 0.313 e. The number of hydrogen-bond acceptors (Lipinski definition) is 2. The van der Waals surface area contributed by atoms with E-state index in [1.54, 1.807) is 6.07 Å². The molecule has 0 bridgehead atoms. The van der Waals surface area contributed by atoms with E-state index in [0.29, 0.717) is 22.3 Å². The van der Waals surface area contributed by atoms with Crippen LogP contribution in [0.4, 0.5) is 5.69 Å². The van der Waals surface area contributed by atoms with Gasteiger partial charge in [-0.25, -0.2) is 0 Å². The fraction of sp³-hybridized carbons (Fsp3) is 0.176. The zero-order chi connectivity index (χ0) is 16.7. The molecule has 0 atom stereocenters. The third kappa shape index (κ3) is 5.93. The number of hydrogen-bond donors (Lipinski definition) is 2. The molecule has 0 aliphatic rings. The van der Waals surface area contributed by atoms with E-state index in [1.165, 1.54) is 17.7 Å². The molecule has 2 aromatic carbocycles. The maximum atomic E-state index is 11.8. The number of nitrogens with one attached hydrogen (secondary N) is 2. The van der Waals surface area contributed by atoms with Gasteiger partial charge in [0, 0.05) is 22.3 Å². The van der Waals surface area contributed by atoms with Gasteiger partial charge in [-0.15, -0.1) is 0 Å². The van der Waals surface area contributed by atoms with Crippen molar-refractivity contribution in [3.8, 4) is 0 Å². The number of aryl methyl sites for hydroxylation is 1. The molecule has 6 heteroatoms. The second-order valence-corrected chi connectivity index (χ2v) is 5.83. The number of halogens is 2. The van der Waals surface area contributed by atoms with Gasteiger partial charge >= 0.3 is 11.8 Å². The molecule has 0 unspecified atom stereocenters. The van der Waals surface area contributed by atoms with Crippen LogP contribution in [-0.2, 0) is 16.0 Å². The van der Waals surface area contributed by atoms with Crippen LogP contribution in [0, 0.1) is 0 Å². The summed E-state index contributed by atoms with van der Waals surface area (Å²) in [5.41, 5.74) is 1.58. The van der Waals surface area contributed by atoms with Crippen LogP contribution < -0.4 is 10.6 Å². The lowest BCUT2D eigenvalue weighted by Crippen LogP contribution is -2.36. The summed E-state index contributed by atoms with van der Waals surface area (Å²) in [6.45, 7) is 0.428. The highest BCUT2D eigenvalue weighted by molar-refractivity contribution is 6.40. The first-order valence-corrected chi connectivity index (χ1v) is 7.89. The van der Waals surface area contributed by atoms with Gasteiger partial charge in [-0.05, 0) is 36.6 Å². The Labute approximate surface area is 144 Å². The average Bonchev–Trinajstić information content (AvgIpc) is 2.51. The van der Waals surface area contributed by atoms with Crippen LogP contribution in [0.2, 0.25) is 10.0 Å². The Morgan fingerprint density at radius 3 is 2.22 bits per heavy atom. The maximum absolute atomic E-state index is 11.8. The molecule has 0 aromatic heterocycles. The van der Waals surface area contributed by atoms with E-state index < -0.39 is 11.8 Å². The van der Waals surface area contributed by atoms with Crippen LogP contribution in [0.1, 0.15) is 12.0 Å². The summed E-state index contributed by atoms with van der Waals surface area (Å²) >= 11 is 11.7. The molecule has 0 spiro atoms. The molecular weight excluding hydrogens is 335 g/mol. The second kappa shape index (κ2) is 8.56. The minimum Gasteiger partial charge on any atom is -0.348 e. The summed E-state index contributed by atoms with van der Waals surface area (Å²) in [6.07, 6.45) is 1.60. The number of amides is 2. The molecule has 2 aromatic rings.